The third kappa shape index (κ3) is 2.70. The van der Waals surface area contributed by atoms with Gasteiger partial charge in [0.05, 0.1) is 9.85 Å². The molecule has 0 bridgehead atoms. The SMILES string of the molecule is Fc1ccc(C(Cl)c2ccc(Br)c(F)c2)cc1F. The lowest BCUT2D eigenvalue weighted by Gasteiger charge is -2.11. The highest BCUT2D eigenvalue weighted by Gasteiger charge is 2.14. The molecule has 0 N–H and O–H groups in total. The molecule has 0 saturated carbocycles. The highest BCUT2D eigenvalue weighted by molar-refractivity contribution is 9.10. The molecule has 0 spiro atoms. The van der Waals surface area contributed by atoms with Gasteiger partial charge in [-0.05, 0) is 51.3 Å². The lowest BCUT2D eigenvalue weighted by atomic mass is 10.0. The van der Waals surface area contributed by atoms with E-state index in [9.17, 15) is 13.2 Å². The van der Waals surface area contributed by atoms with Crippen LogP contribution in [-0.4, -0.2) is 0 Å². The highest BCUT2D eigenvalue weighted by Crippen LogP contribution is 2.31. The second-order valence-corrected chi connectivity index (χ2v) is 5.00. The summed E-state index contributed by atoms with van der Waals surface area (Å²) in [6.45, 7) is 0. The average Bonchev–Trinajstić information content (AvgIpc) is 2.35. The maximum absolute atomic E-state index is 13.4. The van der Waals surface area contributed by atoms with Crippen LogP contribution in [0.1, 0.15) is 16.5 Å². The topological polar surface area (TPSA) is 0 Å². The van der Waals surface area contributed by atoms with Gasteiger partial charge in [-0.3, -0.25) is 0 Å². The number of hydrogen-bond acceptors (Lipinski definition) is 0. The van der Waals surface area contributed by atoms with Gasteiger partial charge in [0.15, 0.2) is 11.6 Å². The number of halogens is 5. The molecule has 2 aromatic carbocycles. The largest absolute Gasteiger partial charge is 0.206 e. The Balaban J connectivity index is 2.37. The molecule has 0 radical (unpaired) electrons. The predicted molar refractivity (Wildman–Crippen MR) is 68.2 cm³/mol. The van der Waals surface area contributed by atoms with Gasteiger partial charge in [0.25, 0.3) is 0 Å². The summed E-state index contributed by atoms with van der Waals surface area (Å²) in [6.07, 6.45) is 0. The molecule has 0 aliphatic heterocycles. The van der Waals surface area contributed by atoms with Crippen molar-refractivity contribution >= 4 is 27.5 Å². The number of benzene rings is 2. The molecule has 0 amide bonds. The summed E-state index contributed by atoms with van der Waals surface area (Å²) in [4.78, 5) is 0. The zero-order valence-electron chi connectivity index (χ0n) is 8.93. The number of alkyl halides is 1. The molecule has 1 unspecified atom stereocenters. The zero-order chi connectivity index (χ0) is 13.3. The third-order valence-electron chi connectivity index (χ3n) is 2.47. The average molecular weight is 336 g/mol. The Hall–Kier alpha value is -1.00. The van der Waals surface area contributed by atoms with E-state index in [-0.39, 0.29) is 0 Å². The van der Waals surface area contributed by atoms with Crippen LogP contribution in [0.25, 0.3) is 0 Å². The van der Waals surface area contributed by atoms with Crippen molar-refractivity contribution < 1.29 is 13.2 Å². The molecule has 0 fully saturated rings. The summed E-state index contributed by atoms with van der Waals surface area (Å²) in [5.41, 5.74) is 0.848. The fraction of sp³-hybridized carbons (Fsp3) is 0.0769. The van der Waals surface area contributed by atoms with Crippen LogP contribution in [0.3, 0.4) is 0 Å². The molecule has 0 aromatic heterocycles. The summed E-state index contributed by atoms with van der Waals surface area (Å²) < 4.78 is 39.6. The molecular formula is C13H7BrClF3. The van der Waals surface area contributed by atoms with Crippen molar-refractivity contribution in [1.82, 2.24) is 0 Å². The Morgan fingerprint density at radius 1 is 0.833 bits per heavy atom. The molecule has 0 nitrogen and oxygen atoms in total. The van der Waals surface area contributed by atoms with Crippen LogP contribution in [0, 0.1) is 17.5 Å². The maximum Gasteiger partial charge on any atom is 0.159 e. The Kier molecular flexibility index (Phi) is 3.97. The van der Waals surface area contributed by atoms with Crippen LogP contribution in [0.2, 0.25) is 0 Å². The van der Waals surface area contributed by atoms with E-state index >= 15 is 0 Å². The lowest BCUT2D eigenvalue weighted by Crippen LogP contribution is -1.96. The Morgan fingerprint density at radius 2 is 1.39 bits per heavy atom. The predicted octanol–water partition coefficient (Wildman–Crippen LogP) is 5.19. The van der Waals surface area contributed by atoms with Crippen molar-refractivity contribution in [2.45, 2.75) is 5.38 Å². The first kappa shape index (κ1) is 13.4. The van der Waals surface area contributed by atoms with E-state index in [1.165, 1.54) is 18.2 Å². The Labute approximate surface area is 116 Å². The second kappa shape index (κ2) is 5.33. The molecule has 18 heavy (non-hydrogen) atoms. The van der Waals surface area contributed by atoms with Crippen molar-refractivity contribution in [2.75, 3.05) is 0 Å². The summed E-state index contributed by atoms with van der Waals surface area (Å²) in [5, 5.41) is -0.734. The Bertz CT molecular complexity index is 535. The molecule has 2 aromatic rings. The van der Waals surface area contributed by atoms with Gasteiger partial charge in [-0.1, -0.05) is 12.1 Å². The van der Waals surface area contributed by atoms with Crippen molar-refractivity contribution in [3.63, 3.8) is 0 Å². The van der Waals surface area contributed by atoms with Crippen LogP contribution in [0.4, 0.5) is 13.2 Å². The van der Waals surface area contributed by atoms with Gasteiger partial charge in [-0.25, -0.2) is 13.2 Å². The third-order valence-corrected chi connectivity index (χ3v) is 3.62. The minimum absolute atomic E-state index is 0.320. The minimum atomic E-state index is -0.976. The number of hydrogen-bond donors (Lipinski definition) is 0. The van der Waals surface area contributed by atoms with Gasteiger partial charge in [0, 0.05) is 0 Å². The molecule has 0 aliphatic carbocycles. The van der Waals surface area contributed by atoms with Crippen LogP contribution < -0.4 is 0 Å². The van der Waals surface area contributed by atoms with Crippen molar-refractivity contribution in [3.05, 3.63) is 69.4 Å². The summed E-state index contributed by atoms with van der Waals surface area (Å²) in [6, 6.07) is 7.76. The van der Waals surface area contributed by atoms with Gasteiger partial charge in [0.1, 0.15) is 5.82 Å². The van der Waals surface area contributed by atoms with Crippen molar-refractivity contribution in [2.24, 2.45) is 0 Å². The normalized spacial score (nSPS) is 12.5. The molecular weight excluding hydrogens is 328 g/mol. The van der Waals surface area contributed by atoms with E-state index in [2.05, 4.69) is 15.9 Å². The maximum atomic E-state index is 13.4. The van der Waals surface area contributed by atoms with E-state index in [0.29, 0.717) is 15.6 Å². The first-order valence-corrected chi connectivity index (χ1v) is 6.26. The van der Waals surface area contributed by atoms with Gasteiger partial charge in [-0.2, -0.15) is 0 Å². The van der Waals surface area contributed by atoms with Gasteiger partial charge < -0.3 is 0 Å². The molecule has 94 valence electrons. The molecule has 2 rings (SSSR count). The minimum Gasteiger partial charge on any atom is -0.206 e. The summed E-state index contributed by atoms with van der Waals surface area (Å²) >= 11 is 9.14. The van der Waals surface area contributed by atoms with E-state index in [1.807, 2.05) is 0 Å². The van der Waals surface area contributed by atoms with E-state index in [0.717, 1.165) is 12.1 Å². The van der Waals surface area contributed by atoms with E-state index < -0.39 is 22.8 Å². The highest BCUT2D eigenvalue weighted by atomic mass is 79.9. The van der Waals surface area contributed by atoms with Gasteiger partial charge in [-0.15, -0.1) is 11.6 Å². The monoisotopic (exact) mass is 334 g/mol. The molecule has 5 heteroatoms. The summed E-state index contributed by atoms with van der Waals surface area (Å²) in [5.74, 6) is -2.37. The van der Waals surface area contributed by atoms with Crippen molar-refractivity contribution in [3.8, 4) is 0 Å². The lowest BCUT2D eigenvalue weighted by molar-refractivity contribution is 0.507. The molecule has 0 heterocycles. The van der Waals surface area contributed by atoms with Crippen LogP contribution in [0.15, 0.2) is 40.9 Å². The zero-order valence-corrected chi connectivity index (χ0v) is 11.3. The second-order valence-electron chi connectivity index (χ2n) is 3.71. The first-order valence-electron chi connectivity index (χ1n) is 5.03. The number of rotatable bonds is 2. The van der Waals surface area contributed by atoms with Gasteiger partial charge in [0.2, 0.25) is 0 Å². The fourth-order valence-corrected chi connectivity index (χ4v) is 2.05. The quantitative estimate of drug-likeness (QED) is 0.662. The molecule has 0 saturated heterocycles. The fourth-order valence-electron chi connectivity index (χ4n) is 1.53. The first-order chi connectivity index (χ1) is 8.49. The van der Waals surface area contributed by atoms with E-state index in [1.54, 1.807) is 6.07 Å². The van der Waals surface area contributed by atoms with Crippen LogP contribution in [-0.2, 0) is 0 Å². The van der Waals surface area contributed by atoms with E-state index in [4.69, 9.17) is 11.6 Å². The van der Waals surface area contributed by atoms with Gasteiger partial charge >= 0.3 is 0 Å². The standard InChI is InChI=1S/C13H7BrClF3/c14-9-3-1-7(5-11(9)17)13(15)8-2-4-10(16)12(18)6-8/h1-6,13H. The van der Waals surface area contributed by atoms with Crippen LogP contribution in [0.5, 0.6) is 0 Å². The Morgan fingerprint density at radius 3 is 1.94 bits per heavy atom. The summed E-state index contributed by atoms with van der Waals surface area (Å²) in [7, 11) is 0. The van der Waals surface area contributed by atoms with Crippen LogP contribution >= 0.6 is 27.5 Å². The van der Waals surface area contributed by atoms with Crippen molar-refractivity contribution in [1.29, 1.82) is 0 Å². The molecule has 1 atom stereocenters. The molecule has 0 aliphatic rings. The smallest absolute Gasteiger partial charge is 0.159 e.